The number of benzene rings is 1. The number of hydrogen-bond acceptors (Lipinski definition) is 5. The van der Waals surface area contributed by atoms with Gasteiger partial charge in [0.05, 0.1) is 4.90 Å². The van der Waals surface area contributed by atoms with Crippen molar-refractivity contribution in [1.82, 2.24) is 4.13 Å². The molecule has 0 aromatic heterocycles. The SMILES string of the molecule is CC(C)Sc1c(F)c(F)c(S(=O)(=S)NS(=O)(=O)C(F)(F)F)c(F)c1F. The molecule has 0 spiro atoms. The Morgan fingerprint density at radius 2 is 1.36 bits per heavy atom. The first-order chi connectivity index (χ1) is 11.0. The average Bonchev–Trinajstić information content (AvgIpc) is 2.38. The van der Waals surface area contributed by atoms with E-state index in [1.54, 1.807) is 0 Å². The zero-order valence-electron chi connectivity index (χ0n) is 12.1. The van der Waals surface area contributed by atoms with Crippen LogP contribution in [0, 0.1) is 23.3 Å². The third-order valence-corrected chi connectivity index (χ3v) is 7.77. The Morgan fingerprint density at radius 1 is 0.960 bits per heavy atom. The van der Waals surface area contributed by atoms with Crippen molar-refractivity contribution >= 4 is 41.7 Å². The van der Waals surface area contributed by atoms with Crippen LogP contribution in [0.15, 0.2) is 9.79 Å². The molecule has 0 radical (unpaired) electrons. The minimum Gasteiger partial charge on any atom is -0.235 e. The predicted octanol–water partition coefficient (Wildman–Crippen LogP) is 3.20. The van der Waals surface area contributed by atoms with Crippen LogP contribution in [0.4, 0.5) is 30.7 Å². The fourth-order valence-corrected chi connectivity index (χ4v) is 6.02. The van der Waals surface area contributed by atoms with Crippen LogP contribution in [0.5, 0.6) is 0 Å². The van der Waals surface area contributed by atoms with Crippen LogP contribution in [0.25, 0.3) is 0 Å². The van der Waals surface area contributed by atoms with Gasteiger partial charge in [-0.05, 0) is 0 Å². The van der Waals surface area contributed by atoms with Crippen molar-refractivity contribution in [2.24, 2.45) is 0 Å². The van der Waals surface area contributed by atoms with Gasteiger partial charge < -0.3 is 0 Å². The second-order valence-corrected chi connectivity index (χ2v) is 11.2. The standard InChI is InChI=1S/C10H8F7NO3S4/c1-3(2)23-8-4(11)6(13)9(7(14)5(8)12)24(19,22)18-25(20,21)10(15,16)17/h3,18H,1-2H3. The predicted molar refractivity (Wildman–Crippen MR) is 79.2 cm³/mol. The summed E-state index contributed by atoms with van der Waals surface area (Å²) in [5, 5.41) is -0.551. The Kier molecular flexibility index (Phi) is 6.42. The van der Waals surface area contributed by atoms with Crippen LogP contribution in [0.3, 0.4) is 0 Å². The molecule has 0 saturated heterocycles. The normalized spacial score (nSPS) is 15.4. The summed E-state index contributed by atoms with van der Waals surface area (Å²) in [6, 6.07) is 0. The van der Waals surface area contributed by atoms with E-state index in [4.69, 9.17) is 0 Å². The number of alkyl halides is 3. The average molecular weight is 451 g/mol. The van der Waals surface area contributed by atoms with E-state index in [2.05, 4.69) is 11.2 Å². The first-order valence-electron chi connectivity index (χ1n) is 5.90. The quantitative estimate of drug-likeness (QED) is 0.423. The minimum atomic E-state index is -6.40. The van der Waals surface area contributed by atoms with Crippen molar-refractivity contribution in [3.05, 3.63) is 23.3 Å². The van der Waals surface area contributed by atoms with Crippen molar-refractivity contribution in [3.63, 3.8) is 0 Å². The Bertz CT molecular complexity index is 865. The van der Waals surface area contributed by atoms with E-state index in [1.165, 1.54) is 13.8 Å². The Morgan fingerprint density at radius 3 is 1.68 bits per heavy atom. The van der Waals surface area contributed by atoms with Crippen LogP contribution in [-0.2, 0) is 29.9 Å². The minimum absolute atomic E-state index is 0.341. The molecule has 25 heavy (non-hydrogen) atoms. The number of halogens is 7. The summed E-state index contributed by atoms with van der Waals surface area (Å²) in [6.45, 7) is 2.84. The van der Waals surface area contributed by atoms with Crippen LogP contribution in [-0.4, -0.2) is 23.4 Å². The van der Waals surface area contributed by atoms with Crippen molar-refractivity contribution in [2.75, 3.05) is 0 Å². The number of hydrogen-bond donors (Lipinski definition) is 1. The van der Waals surface area contributed by atoms with Gasteiger partial charge in [0.25, 0.3) is 0 Å². The third-order valence-electron chi connectivity index (χ3n) is 2.33. The highest BCUT2D eigenvalue weighted by molar-refractivity contribution is 8.35. The van der Waals surface area contributed by atoms with Gasteiger partial charge in [0.2, 0.25) is 0 Å². The van der Waals surface area contributed by atoms with Crippen molar-refractivity contribution in [3.8, 4) is 0 Å². The maximum absolute atomic E-state index is 14.0. The molecule has 0 amide bonds. The van der Waals surface area contributed by atoms with Gasteiger partial charge in [0.1, 0.15) is 13.6 Å². The molecule has 0 fully saturated rings. The lowest BCUT2D eigenvalue weighted by Gasteiger charge is -2.16. The van der Waals surface area contributed by atoms with E-state index in [-0.39, 0.29) is 0 Å². The Hall–Kier alpha value is -0.640. The molecule has 0 aliphatic rings. The van der Waals surface area contributed by atoms with Crippen LogP contribution >= 0.6 is 11.8 Å². The molecule has 15 heteroatoms. The van der Waals surface area contributed by atoms with E-state index < -0.39 is 62.5 Å². The van der Waals surface area contributed by atoms with Crippen molar-refractivity contribution in [1.29, 1.82) is 0 Å². The summed E-state index contributed by atoms with van der Waals surface area (Å²) >= 11 is 4.31. The largest absolute Gasteiger partial charge is 0.512 e. The number of nitrogens with one attached hydrogen (secondary N) is 1. The summed E-state index contributed by atoms with van der Waals surface area (Å²) in [6.07, 6.45) is 0. The lowest BCUT2D eigenvalue weighted by atomic mass is 10.3. The Balaban J connectivity index is 3.64. The number of rotatable bonds is 5. The summed E-state index contributed by atoms with van der Waals surface area (Å²) < 4.78 is 127. The van der Waals surface area contributed by atoms with Gasteiger partial charge in [-0.15, -0.1) is 15.9 Å². The maximum Gasteiger partial charge on any atom is 0.512 e. The highest BCUT2D eigenvalue weighted by atomic mass is 32.8. The first-order valence-corrected chi connectivity index (χ1v) is 10.7. The molecule has 4 nitrogen and oxygen atoms in total. The van der Waals surface area contributed by atoms with E-state index in [0.717, 1.165) is 0 Å². The highest BCUT2D eigenvalue weighted by Crippen LogP contribution is 2.36. The smallest absolute Gasteiger partial charge is 0.235 e. The zero-order valence-corrected chi connectivity index (χ0v) is 15.3. The Labute approximate surface area is 147 Å². The van der Waals surface area contributed by atoms with Crippen LogP contribution < -0.4 is 4.13 Å². The molecule has 0 aliphatic heterocycles. The van der Waals surface area contributed by atoms with Gasteiger partial charge >= 0.3 is 15.5 Å². The molecule has 0 bridgehead atoms. The maximum atomic E-state index is 14.0. The molecule has 0 saturated carbocycles. The fraction of sp³-hybridized carbons (Fsp3) is 0.400. The summed E-state index contributed by atoms with van der Waals surface area (Å²) in [5.41, 5.74) is -6.02. The fourth-order valence-electron chi connectivity index (χ4n) is 1.40. The van der Waals surface area contributed by atoms with E-state index in [0.29, 0.717) is 15.9 Å². The molecule has 1 aromatic rings. The van der Waals surface area contributed by atoms with E-state index in [1.807, 2.05) is 0 Å². The monoisotopic (exact) mass is 451 g/mol. The van der Waals surface area contributed by atoms with Crippen molar-refractivity contribution in [2.45, 2.75) is 34.4 Å². The summed E-state index contributed by atoms with van der Waals surface area (Å²) in [5.74, 6) is -8.83. The van der Waals surface area contributed by atoms with Gasteiger partial charge in [0.15, 0.2) is 23.3 Å². The molecule has 1 unspecified atom stereocenters. The molecule has 0 heterocycles. The lowest BCUT2D eigenvalue weighted by molar-refractivity contribution is -0.0441. The van der Waals surface area contributed by atoms with Crippen molar-refractivity contribution < 1.29 is 43.4 Å². The van der Waals surface area contributed by atoms with Gasteiger partial charge in [-0.3, -0.25) is 0 Å². The lowest BCUT2D eigenvalue weighted by Crippen LogP contribution is -2.40. The molecule has 0 aliphatic carbocycles. The van der Waals surface area contributed by atoms with E-state index >= 15 is 0 Å². The van der Waals surface area contributed by atoms with Crippen LogP contribution in [0.2, 0.25) is 0 Å². The molecular formula is C10H8F7NO3S4. The molecule has 1 aromatic carbocycles. The molecular weight excluding hydrogens is 443 g/mol. The van der Waals surface area contributed by atoms with Gasteiger partial charge in [0, 0.05) is 16.4 Å². The van der Waals surface area contributed by atoms with Gasteiger partial charge in [-0.1, -0.05) is 13.8 Å². The van der Waals surface area contributed by atoms with Crippen LogP contribution in [0.1, 0.15) is 13.8 Å². The van der Waals surface area contributed by atoms with Gasteiger partial charge in [-0.2, -0.15) is 13.2 Å². The second kappa shape index (κ2) is 7.17. The molecule has 1 rings (SSSR count). The third kappa shape index (κ3) is 4.56. The molecule has 1 atom stereocenters. The summed E-state index contributed by atoms with van der Waals surface area (Å²) in [7, 11) is -11.7. The first kappa shape index (κ1) is 22.4. The molecule has 144 valence electrons. The summed E-state index contributed by atoms with van der Waals surface area (Å²) in [4.78, 5) is -3.31. The molecule has 1 N–H and O–H groups in total. The highest BCUT2D eigenvalue weighted by Gasteiger charge is 2.48. The zero-order chi connectivity index (χ0) is 20.0. The van der Waals surface area contributed by atoms with E-state index in [9.17, 15) is 43.4 Å². The number of thioether (sulfide) groups is 1. The van der Waals surface area contributed by atoms with Gasteiger partial charge in [-0.25, -0.2) is 30.2 Å². The topological polar surface area (TPSA) is 63.2 Å². The second-order valence-electron chi connectivity index (χ2n) is 4.62. The number of sulfonamides is 1.